The van der Waals surface area contributed by atoms with Crippen molar-refractivity contribution in [2.45, 2.75) is 50.7 Å². The molecule has 1 saturated carbocycles. The number of rotatable bonds is 3. The summed E-state index contributed by atoms with van der Waals surface area (Å²) in [6, 6.07) is 7.66. The van der Waals surface area contributed by atoms with Crippen LogP contribution in [0.5, 0.6) is 11.5 Å². The van der Waals surface area contributed by atoms with Crippen molar-refractivity contribution in [1.82, 2.24) is 0 Å². The highest BCUT2D eigenvalue weighted by Gasteiger charge is 2.29. The molecule has 2 aliphatic rings. The number of aliphatic hydroxyl groups excluding tert-OH is 1. The van der Waals surface area contributed by atoms with Crippen molar-refractivity contribution in [2.24, 2.45) is 5.92 Å². The summed E-state index contributed by atoms with van der Waals surface area (Å²) in [4.78, 5) is 0. The minimum Gasteiger partial charge on any atom is -0.486 e. The van der Waals surface area contributed by atoms with E-state index >= 15 is 0 Å². The van der Waals surface area contributed by atoms with Gasteiger partial charge in [0.05, 0.1) is 6.10 Å². The summed E-state index contributed by atoms with van der Waals surface area (Å²) in [5.41, 5.74) is 0. The Morgan fingerprint density at radius 3 is 2.63 bits per heavy atom. The Balaban J connectivity index is 1.58. The maximum absolute atomic E-state index is 10.3. The van der Waals surface area contributed by atoms with E-state index in [1.807, 2.05) is 24.3 Å². The van der Waals surface area contributed by atoms with Crippen molar-refractivity contribution in [1.29, 1.82) is 0 Å². The van der Waals surface area contributed by atoms with Crippen LogP contribution in [0.3, 0.4) is 0 Å². The van der Waals surface area contributed by atoms with Gasteiger partial charge in [0.1, 0.15) is 6.61 Å². The van der Waals surface area contributed by atoms with E-state index in [1.165, 1.54) is 32.1 Å². The summed E-state index contributed by atoms with van der Waals surface area (Å²) in [7, 11) is 0. The summed E-state index contributed by atoms with van der Waals surface area (Å²) in [5.74, 6) is 2.19. The highest BCUT2D eigenvalue weighted by atomic mass is 16.6. The largest absolute Gasteiger partial charge is 0.486 e. The Kier molecular flexibility index (Phi) is 3.92. The number of fused-ring (bicyclic) bond motifs is 1. The van der Waals surface area contributed by atoms with Crippen molar-refractivity contribution in [2.75, 3.05) is 6.61 Å². The second kappa shape index (κ2) is 5.83. The van der Waals surface area contributed by atoms with E-state index in [1.54, 1.807) is 0 Å². The molecule has 0 bridgehead atoms. The Labute approximate surface area is 114 Å². The lowest BCUT2D eigenvalue weighted by molar-refractivity contribution is -0.0229. The van der Waals surface area contributed by atoms with E-state index in [0.29, 0.717) is 12.5 Å². The van der Waals surface area contributed by atoms with Gasteiger partial charge in [-0.15, -0.1) is 0 Å². The van der Waals surface area contributed by atoms with Crippen LogP contribution in [0.25, 0.3) is 0 Å². The molecule has 3 heteroatoms. The van der Waals surface area contributed by atoms with Crippen molar-refractivity contribution in [3.63, 3.8) is 0 Å². The summed E-state index contributed by atoms with van der Waals surface area (Å²) in [6.07, 6.45) is 6.67. The van der Waals surface area contributed by atoms with Gasteiger partial charge >= 0.3 is 0 Å². The molecule has 0 saturated heterocycles. The van der Waals surface area contributed by atoms with E-state index in [9.17, 15) is 5.11 Å². The molecule has 1 N–H and O–H groups in total. The van der Waals surface area contributed by atoms with Gasteiger partial charge in [-0.3, -0.25) is 0 Å². The van der Waals surface area contributed by atoms with Gasteiger partial charge in [0.25, 0.3) is 0 Å². The molecule has 3 nitrogen and oxygen atoms in total. The van der Waals surface area contributed by atoms with Gasteiger partial charge in [0, 0.05) is 0 Å². The fourth-order valence-corrected chi connectivity index (χ4v) is 3.14. The second-order valence-electron chi connectivity index (χ2n) is 5.72. The molecule has 2 atom stereocenters. The van der Waals surface area contributed by atoms with Gasteiger partial charge in [0.2, 0.25) is 0 Å². The van der Waals surface area contributed by atoms with E-state index in [0.717, 1.165) is 17.9 Å². The van der Waals surface area contributed by atoms with Crippen molar-refractivity contribution in [3.05, 3.63) is 24.3 Å². The van der Waals surface area contributed by atoms with Crippen LogP contribution in [0.4, 0.5) is 0 Å². The first-order valence-corrected chi connectivity index (χ1v) is 7.39. The molecule has 19 heavy (non-hydrogen) atoms. The predicted octanol–water partition coefficient (Wildman–Crippen LogP) is 3.16. The van der Waals surface area contributed by atoms with Crippen LogP contribution in [-0.2, 0) is 0 Å². The van der Waals surface area contributed by atoms with Gasteiger partial charge in [-0.05, 0) is 24.5 Å². The highest BCUT2D eigenvalue weighted by molar-refractivity contribution is 5.40. The molecule has 3 rings (SSSR count). The number of hydrogen-bond donors (Lipinski definition) is 1. The Morgan fingerprint density at radius 2 is 1.84 bits per heavy atom. The average Bonchev–Trinajstić information content (AvgIpc) is 2.48. The highest BCUT2D eigenvalue weighted by Crippen LogP contribution is 2.34. The summed E-state index contributed by atoms with van der Waals surface area (Å²) in [5, 5.41) is 10.3. The lowest BCUT2D eigenvalue weighted by Gasteiger charge is -2.32. The Morgan fingerprint density at radius 1 is 1.11 bits per heavy atom. The van der Waals surface area contributed by atoms with Gasteiger partial charge in [0.15, 0.2) is 17.6 Å². The minimum atomic E-state index is -0.420. The van der Waals surface area contributed by atoms with Crippen molar-refractivity contribution in [3.8, 4) is 11.5 Å². The van der Waals surface area contributed by atoms with Gasteiger partial charge in [-0.1, -0.05) is 44.2 Å². The standard InChI is InChI=1S/C16H22O3/c17-13(10-12-6-2-1-3-7-12)16-11-18-14-8-4-5-9-15(14)19-16/h4-5,8-9,12-13,16-17H,1-3,6-7,10-11H2. The average molecular weight is 262 g/mol. The van der Waals surface area contributed by atoms with Crippen LogP contribution >= 0.6 is 0 Å². The third-order valence-corrected chi connectivity index (χ3v) is 4.26. The molecular formula is C16H22O3. The first-order chi connectivity index (χ1) is 9.33. The normalized spacial score (nSPS) is 25.0. The monoisotopic (exact) mass is 262 g/mol. The number of aliphatic hydroxyl groups is 1. The molecule has 0 aromatic heterocycles. The summed E-state index contributed by atoms with van der Waals surface area (Å²) >= 11 is 0. The number of ether oxygens (including phenoxy) is 2. The van der Waals surface area contributed by atoms with E-state index in [-0.39, 0.29) is 6.10 Å². The quantitative estimate of drug-likeness (QED) is 0.909. The molecule has 0 amide bonds. The maximum Gasteiger partial charge on any atom is 0.161 e. The number of benzene rings is 1. The zero-order chi connectivity index (χ0) is 13.1. The fraction of sp³-hybridized carbons (Fsp3) is 0.625. The van der Waals surface area contributed by atoms with Crippen molar-refractivity contribution < 1.29 is 14.6 Å². The molecule has 1 fully saturated rings. The smallest absolute Gasteiger partial charge is 0.161 e. The van der Waals surface area contributed by atoms with Gasteiger partial charge in [-0.25, -0.2) is 0 Å². The summed E-state index contributed by atoms with van der Waals surface area (Å²) < 4.78 is 11.5. The third-order valence-electron chi connectivity index (χ3n) is 4.26. The molecule has 0 radical (unpaired) electrons. The SMILES string of the molecule is OC(CC1CCCCC1)C1COc2ccccc2O1. The van der Waals surface area contributed by atoms with E-state index in [4.69, 9.17) is 9.47 Å². The zero-order valence-corrected chi connectivity index (χ0v) is 11.3. The molecule has 1 aliphatic heterocycles. The first-order valence-electron chi connectivity index (χ1n) is 7.39. The molecular weight excluding hydrogens is 240 g/mol. The maximum atomic E-state index is 10.3. The topological polar surface area (TPSA) is 38.7 Å². The molecule has 1 aromatic carbocycles. The molecule has 1 heterocycles. The van der Waals surface area contributed by atoms with Crippen LogP contribution in [-0.4, -0.2) is 23.9 Å². The Hall–Kier alpha value is -1.22. The van der Waals surface area contributed by atoms with E-state index < -0.39 is 6.10 Å². The first kappa shape index (κ1) is 12.8. The van der Waals surface area contributed by atoms with Gasteiger partial charge < -0.3 is 14.6 Å². The molecule has 0 spiro atoms. The third kappa shape index (κ3) is 3.03. The number of hydrogen-bond acceptors (Lipinski definition) is 3. The Bertz CT molecular complexity index is 412. The fourth-order valence-electron chi connectivity index (χ4n) is 3.14. The van der Waals surface area contributed by atoms with Crippen LogP contribution < -0.4 is 9.47 Å². The van der Waals surface area contributed by atoms with Crippen molar-refractivity contribution >= 4 is 0 Å². The molecule has 104 valence electrons. The second-order valence-corrected chi connectivity index (χ2v) is 5.72. The lowest BCUT2D eigenvalue weighted by atomic mass is 9.84. The predicted molar refractivity (Wildman–Crippen MR) is 73.6 cm³/mol. The molecule has 1 aliphatic carbocycles. The molecule has 1 aromatic rings. The van der Waals surface area contributed by atoms with Crippen LogP contribution in [0.1, 0.15) is 38.5 Å². The van der Waals surface area contributed by atoms with E-state index in [2.05, 4.69) is 0 Å². The lowest BCUT2D eigenvalue weighted by Crippen LogP contribution is -2.40. The van der Waals surface area contributed by atoms with Crippen LogP contribution in [0, 0.1) is 5.92 Å². The zero-order valence-electron chi connectivity index (χ0n) is 11.3. The minimum absolute atomic E-state index is 0.225. The number of para-hydroxylation sites is 2. The van der Waals surface area contributed by atoms with Gasteiger partial charge in [-0.2, -0.15) is 0 Å². The van der Waals surface area contributed by atoms with Crippen LogP contribution in [0.2, 0.25) is 0 Å². The molecule has 2 unspecified atom stereocenters. The van der Waals surface area contributed by atoms with Crippen LogP contribution in [0.15, 0.2) is 24.3 Å². The summed E-state index contributed by atoms with van der Waals surface area (Å²) in [6.45, 7) is 0.449.